The lowest BCUT2D eigenvalue weighted by Gasteiger charge is -2.20. The van der Waals surface area contributed by atoms with Crippen LogP contribution < -0.4 is 15.0 Å². The van der Waals surface area contributed by atoms with Crippen molar-refractivity contribution in [1.29, 1.82) is 0 Å². The number of hydrogen-bond acceptors (Lipinski definition) is 9. The van der Waals surface area contributed by atoms with Crippen molar-refractivity contribution < 1.29 is 23.9 Å². The summed E-state index contributed by atoms with van der Waals surface area (Å²) in [6, 6.07) is 7.83. The summed E-state index contributed by atoms with van der Waals surface area (Å²) in [5, 5.41) is 16.4. The van der Waals surface area contributed by atoms with Gasteiger partial charge in [0, 0.05) is 21.5 Å². The van der Waals surface area contributed by atoms with E-state index in [4.69, 9.17) is 9.47 Å². The minimum atomic E-state index is -0.712. The topological polar surface area (TPSA) is 135 Å². The fourth-order valence-corrected chi connectivity index (χ4v) is 3.53. The van der Waals surface area contributed by atoms with Gasteiger partial charge in [-0.15, -0.1) is 0 Å². The van der Waals surface area contributed by atoms with E-state index >= 15 is 0 Å². The molecule has 3 rings (SSSR count). The number of hydrogen-bond donors (Lipinski definition) is 0. The quantitative estimate of drug-likeness (QED) is 0.189. The molecule has 0 saturated heterocycles. The van der Waals surface area contributed by atoms with Gasteiger partial charge in [0.1, 0.15) is 5.82 Å². The van der Waals surface area contributed by atoms with Crippen molar-refractivity contribution in [2.45, 2.75) is 26.2 Å². The van der Waals surface area contributed by atoms with E-state index in [1.807, 2.05) is 20.8 Å². The molecule has 11 nitrogen and oxygen atoms in total. The fourth-order valence-electron chi connectivity index (χ4n) is 3.17. The van der Waals surface area contributed by atoms with Crippen molar-refractivity contribution in [3.63, 3.8) is 0 Å². The summed E-state index contributed by atoms with van der Waals surface area (Å²) in [4.78, 5) is 40.4. The number of nitro groups is 1. The molecule has 0 amide bonds. The molecule has 3 aromatic rings. The monoisotopic (exact) mass is 546 g/mol. The van der Waals surface area contributed by atoms with Crippen LogP contribution in [0, 0.1) is 10.1 Å². The Balaban J connectivity index is 2.15. The summed E-state index contributed by atoms with van der Waals surface area (Å²) in [5.41, 5.74) is -0.581. The number of carbonyl (C=O) groups is 1. The van der Waals surface area contributed by atoms with Crippen LogP contribution in [0.15, 0.2) is 44.7 Å². The lowest BCUT2D eigenvalue weighted by atomic mass is 9.95. The molecule has 0 aliphatic rings. The number of rotatable bonds is 7. The second-order valence-corrected chi connectivity index (χ2v) is 9.32. The maximum atomic E-state index is 13.3. The first-order chi connectivity index (χ1) is 16.5. The Morgan fingerprint density at radius 3 is 2.57 bits per heavy atom. The lowest BCUT2D eigenvalue weighted by molar-refractivity contribution is -0.385. The van der Waals surface area contributed by atoms with Gasteiger partial charge in [0.2, 0.25) is 5.75 Å². The summed E-state index contributed by atoms with van der Waals surface area (Å²) in [6.45, 7) is 5.15. The van der Waals surface area contributed by atoms with Crippen LogP contribution in [0.25, 0.3) is 10.9 Å². The van der Waals surface area contributed by atoms with Crippen LogP contribution in [0.3, 0.4) is 0 Å². The Labute approximate surface area is 208 Å². The highest BCUT2D eigenvalue weighted by Crippen LogP contribution is 2.38. The molecule has 0 N–H and O–H groups in total. The molecule has 0 saturated carbocycles. The number of esters is 1. The van der Waals surface area contributed by atoms with Crippen molar-refractivity contribution >= 4 is 44.7 Å². The van der Waals surface area contributed by atoms with Crippen LogP contribution in [0.1, 0.15) is 32.2 Å². The highest BCUT2D eigenvalue weighted by Gasteiger charge is 2.25. The predicted molar refractivity (Wildman–Crippen MR) is 133 cm³/mol. The molecule has 2 aromatic carbocycles. The number of ether oxygens (including phenoxy) is 3. The number of fused-ring (bicyclic) bond motifs is 1. The van der Waals surface area contributed by atoms with Crippen molar-refractivity contribution in [2.24, 2.45) is 5.10 Å². The Kier molecular flexibility index (Phi) is 7.54. The molecule has 0 bridgehead atoms. The molecule has 184 valence electrons. The Hall–Kier alpha value is -3.80. The third-order valence-corrected chi connectivity index (χ3v) is 5.33. The first kappa shape index (κ1) is 25.8. The summed E-state index contributed by atoms with van der Waals surface area (Å²) in [5.74, 6) is -0.525. The molecule has 0 fully saturated rings. The van der Waals surface area contributed by atoms with Gasteiger partial charge in [0.15, 0.2) is 12.4 Å². The molecule has 1 heterocycles. The highest BCUT2D eigenvalue weighted by molar-refractivity contribution is 9.10. The van der Waals surface area contributed by atoms with Gasteiger partial charge in [-0.05, 0) is 24.3 Å². The maximum Gasteiger partial charge on any atom is 0.343 e. The summed E-state index contributed by atoms with van der Waals surface area (Å²) in [6.07, 6.45) is 1.29. The van der Waals surface area contributed by atoms with Crippen molar-refractivity contribution in [1.82, 2.24) is 9.66 Å². The number of nitro benzene ring substituents is 1. The van der Waals surface area contributed by atoms with Gasteiger partial charge in [-0.2, -0.15) is 9.78 Å². The van der Waals surface area contributed by atoms with Crippen molar-refractivity contribution in [2.75, 3.05) is 20.8 Å². The van der Waals surface area contributed by atoms with Crippen molar-refractivity contribution in [3.8, 4) is 11.5 Å². The predicted octanol–water partition coefficient (Wildman–Crippen LogP) is 3.81. The van der Waals surface area contributed by atoms with E-state index in [2.05, 4.69) is 30.8 Å². The number of nitrogens with zero attached hydrogens (tertiary/aromatic N) is 4. The second kappa shape index (κ2) is 10.2. The molecule has 0 aliphatic heterocycles. The molecule has 0 radical (unpaired) electrons. The van der Waals surface area contributed by atoms with Crippen molar-refractivity contribution in [3.05, 3.63) is 66.7 Å². The normalized spacial score (nSPS) is 11.6. The summed E-state index contributed by atoms with van der Waals surface area (Å²) in [7, 11) is 2.48. The third kappa shape index (κ3) is 5.65. The Bertz CT molecular complexity index is 1390. The highest BCUT2D eigenvalue weighted by atomic mass is 79.9. The van der Waals surface area contributed by atoms with E-state index in [1.54, 1.807) is 18.2 Å². The minimum Gasteiger partial charge on any atom is -0.493 e. The number of halogens is 1. The van der Waals surface area contributed by atoms with Gasteiger partial charge < -0.3 is 14.2 Å². The van der Waals surface area contributed by atoms with E-state index in [0.717, 1.165) is 0 Å². The maximum absolute atomic E-state index is 13.3. The molecule has 35 heavy (non-hydrogen) atoms. The SMILES string of the molecule is COC(=O)COc1c(OC)cc(C=Nn2c(C(C)(C)C)nc3ccc(Br)cc3c2=O)cc1[N+](=O)[O-]. The molecule has 1 aromatic heterocycles. The molecule has 0 spiro atoms. The summed E-state index contributed by atoms with van der Waals surface area (Å²) < 4.78 is 16.9. The van der Waals surface area contributed by atoms with E-state index in [9.17, 15) is 19.7 Å². The zero-order chi connectivity index (χ0) is 25.9. The number of methoxy groups -OCH3 is 2. The largest absolute Gasteiger partial charge is 0.493 e. The smallest absolute Gasteiger partial charge is 0.343 e. The Morgan fingerprint density at radius 1 is 1.26 bits per heavy atom. The number of benzene rings is 2. The molecular weight excluding hydrogens is 524 g/mol. The van der Waals surface area contributed by atoms with Crippen LogP contribution in [0.4, 0.5) is 5.69 Å². The zero-order valence-corrected chi connectivity index (χ0v) is 21.3. The van der Waals surface area contributed by atoms with Gasteiger partial charge >= 0.3 is 11.7 Å². The average molecular weight is 547 g/mol. The molecular formula is C23H23BrN4O7. The van der Waals surface area contributed by atoms with Crippen LogP contribution in [-0.4, -0.2) is 47.6 Å². The fraction of sp³-hybridized carbons (Fsp3) is 0.304. The van der Waals surface area contributed by atoms with Crippen LogP contribution in [0.5, 0.6) is 11.5 Å². The van der Waals surface area contributed by atoms with Gasteiger partial charge in [-0.1, -0.05) is 36.7 Å². The van der Waals surface area contributed by atoms with Gasteiger partial charge in [0.05, 0.1) is 36.3 Å². The van der Waals surface area contributed by atoms with E-state index in [0.29, 0.717) is 21.2 Å². The van der Waals surface area contributed by atoms with Gasteiger partial charge in [0.25, 0.3) is 5.56 Å². The molecule has 12 heteroatoms. The van der Waals surface area contributed by atoms with Crippen LogP contribution in [0.2, 0.25) is 0 Å². The number of carbonyl (C=O) groups excluding carboxylic acids is 1. The standard InChI is InChI=1S/C23H23BrN4O7/c1-23(2,3)22-26-16-7-6-14(24)10-15(16)21(30)27(22)25-11-13-8-17(28(31)32)20(18(9-13)33-4)35-12-19(29)34-5/h6-11H,12H2,1-5H3. The first-order valence-corrected chi connectivity index (χ1v) is 11.1. The number of aromatic nitrogens is 2. The second-order valence-electron chi connectivity index (χ2n) is 8.40. The molecule has 0 aliphatic carbocycles. The average Bonchev–Trinajstić information content (AvgIpc) is 2.81. The Morgan fingerprint density at radius 2 is 1.97 bits per heavy atom. The van der Waals surface area contributed by atoms with Crippen LogP contribution >= 0.6 is 15.9 Å². The van der Waals surface area contributed by atoms with Gasteiger partial charge in [-0.3, -0.25) is 14.9 Å². The summed E-state index contributed by atoms with van der Waals surface area (Å²) >= 11 is 3.36. The van der Waals surface area contributed by atoms with E-state index < -0.39 is 34.2 Å². The van der Waals surface area contributed by atoms with Crippen LogP contribution in [-0.2, 0) is 14.9 Å². The van der Waals surface area contributed by atoms with E-state index in [1.165, 1.54) is 37.2 Å². The lowest BCUT2D eigenvalue weighted by Crippen LogP contribution is -2.29. The zero-order valence-electron chi connectivity index (χ0n) is 19.7. The van der Waals surface area contributed by atoms with E-state index in [-0.39, 0.29) is 17.1 Å². The molecule has 0 atom stereocenters. The first-order valence-electron chi connectivity index (χ1n) is 10.3. The third-order valence-electron chi connectivity index (χ3n) is 4.84. The molecule has 0 unspecified atom stereocenters. The minimum absolute atomic E-state index is 0.00788. The van der Waals surface area contributed by atoms with Gasteiger partial charge in [-0.25, -0.2) is 9.78 Å².